The molecule has 1 unspecified atom stereocenters. The maximum Gasteiger partial charge on any atom is 0.239 e. The molecule has 0 radical (unpaired) electrons. The number of amides is 1. The van der Waals surface area contributed by atoms with Gasteiger partial charge < -0.3 is 15.6 Å². The number of aryl methyl sites for hydroxylation is 1. The van der Waals surface area contributed by atoms with Gasteiger partial charge in [-0.2, -0.15) is 0 Å². The van der Waals surface area contributed by atoms with Crippen molar-refractivity contribution in [3.63, 3.8) is 0 Å². The van der Waals surface area contributed by atoms with E-state index in [1.807, 2.05) is 4.57 Å². The second-order valence-corrected chi connectivity index (χ2v) is 5.47. The zero-order valence-electron chi connectivity index (χ0n) is 11.8. The molecule has 1 aliphatic carbocycles. The Bertz CT molecular complexity index is 425. The Labute approximate surface area is 115 Å². The summed E-state index contributed by atoms with van der Waals surface area (Å²) >= 11 is 0. The van der Waals surface area contributed by atoms with Gasteiger partial charge in [0.2, 0.25) is 5.91 Å². The normalized spacial score (nSPS) is 18.7. The van der Waals surface area contributed by atoms with Crippen molar-refractivity contribution in [3.8, 4) is 0 Å². The van der Waals surface area contributed by atoms with Crippen LogP contribution in [0.25, 0.3) is 0 Å². The summed E-state index contributed by atoms with van der Waals surface area (Å²) < 4.78 is 1.98. The molecule has 4 nitrogen and oxygen atoms in total. The van der Waals surface area contributed by atoms with Crippen molar-refractivity contribution in [2.45, 2.75) is 58.0 Å². The molecule has 1 aromatic heterocycles. The van der Waals surface area contributed by atoms with Crippen LogP contribution in [0.2, 0.25) is 0 Å². The highest BCUT2D eigenvalue weighted by Gasteiger charge is 2.17. The molecule has 0 aliphatic heterocycles. The Balaban J connectivity index is 1.95. The van der Waals surface area contributed by atoms with Crippen LogP contribution in [-0.4, -0.2) is 17.0 Å². The highest BCUT2D eigenvalue weighted by molar-refractivity contribution is 5.75. The van der Waals surface area contributed by atoms with Gasteiger partial charge in [-0.1, -0.05) is 19.8 Å². The van der Waals surface area contributed by atoms with Gasteiger partial charge in [-0.25, -0.2) is 0 Å². The summed E-state index contributed by atoms with van der Waals surface area (Å²) in [4.78, 5) is 11.8. The number of carbonyl (C=O) groups excluding carboxylic acids is 1. The number of rotatable bonds is 5. The quantitative estimate of drug-likeness (QED) is 0.631. The van der Waals surface area contributed by atoms with Crippen LogP contribution in [0.4, 0.5) is 0 Å². The highest BCUT2D eigenvalue weighted by atomic mass is 16.1. The lowest BCUT2D eigenvalue weighted by molar-refractivity contribution is -0.121. The molecule has 2 rings (SSSR count). The molecular formula is C15H25N3O. The molecule has 0 fully saturated rings. The maximum atomic E-state index is 11.8. The Morgan fingerprint density at radius 2 is 2.32 bits per heavy atom. The summed E-state index contributed by atoms with van der Waals surface area (Å²) in [5.74, 6) is 0.0900. The average molecular weight is 263 g/mol. The van der Waals surface area contributed by atoms with Gasteiger partial charge in [0.05, 0.1) is 0 Å². The number of unbranched alkanes of at least 4 members (excludes halogenated alkanes) is 1. The van der Waals surface area contributed by atoms with Crippen LogP contribution in [0.1, 0.15) is 56.2 Å². The number of hydrogen-bond donors (Lipinski definition) is 2. The van der Waals surface area contributed by atoms with E-state index < -0.39 is 0 Å². The van der Waals surface area contributed by atoms with Gasteiger partial charge in [0, 0.05) is 25.0 Å². The van der Waals surface area contributed by atoms with Crippen molar-refractivity contribution in [2.75, 3.05) is 6.54 Å². The molecule has 106 valence electrons. The van der Waals surface area contributed by atoms with Crippen molar-refractivity contribution in [1.82, 2.24) is 9.88 Å². The lowest BCUT2D eigenvalue weighted by Crippen LogP contribution is -2.28. The third-order valence-electron chi connectivity index (χ3n) is 3.79. The van der Waals surface area contributed by atoms with Crippen molar-refractivity contribution < 1.29 is 4.79 Å². The number of nitrogens with one attached hydrogen (secondary N) is 1. The van der Waals surface area contributed by atoms with E-state index in [9.17, 15) is 4.79 Å². The molecule has 0 saturated heterocycles. The zero-order chi connectivity index (χ0) is 13.7. The first-order valence-electron chi connectivity index (χ1n) is 7.41. The average Bonchev–Trinajstić information content (AvgIpc) is 2.70. The summed E-state index contributed by atoms with van der Waals surface area (Å²) in [6, 6.07) is 0.141. The van der Waals surface area contributed by atoms with E-state index in [0.29, 0.717) is 6.54 Å². The number of nitrogens with zero attached hydrogens (tertiary/aromatic N) is 1. The summed E-state index contributed by atoms with van der Waals surface area (Å²) in [6.45, 7) is 3.30. The smallest absolute Gasteiger partial charge is 0.239 e. The molecule has 1 aliphatic rings. The molecule has 0 bridgehead atoms. The van der Waals surface area contributed by atoms with Gasteiger partial charge in [0.15, 0.2) is 0 Å². The van der Waals surface area contributed by atoms with Gasteiger partial charge in [0.1, 0.15) is 6.54 Å². The SMILES string of the molecule is CCCCNC(=O)Cn1cc2c(c1)C(N)CCCC2. The second kappa shape index (κ2) is 6.75. The van der Waals surface area contributed by atoms with Crippen LogP contribution in [0.3, 0.4) is 0 Å². The predicted octanol–water partition coefficient (Wildman–Crippen LogP) is 2.13. The van der Waals surface area contributed by atoms with Gasteiger partial charge in [0.25, 0.3) is 0 Å². The fourth-order valence-corrected chi connectivity index (χ4v) is 2.67. The second-order valence-electron chi connectivity index (χ2n) is 5.47. The summed E-state index contributed by atoms with van der Waals surface area (Å²) in [7, 11) is 0. The maximum absolute atomic E-state index is 11.8. The van der Waals surface area contributed by atoms with E-state index in [1.165, 1.54) is 24.0 Å². The van der Waals surface area contributed by atoms with Crippen molar-refractivity contribution in [2.24, 2.45) is 5.73 Å². The van der Waals surface area contributed by atoms with E-state index in [2.05, 4.69) is 24.6 Å². The van der Waals surface area contributed by atoms with Gasteiger partial charge in [-0.3, -0.25) is 4.79 Å². The van der Waals surface area contributed by atoms with Crippen molar-refractivity contribution >= 4 is 5.91 Å². The lowest BCUT2D eigenvalue weighted by Gasteiger charge is -2.08. The summed E-state index contributed by atoms with van der Waals surface area (Å²) in [5, 5.41) is 2.94. The first-order valence-corrected chi connectivity index (χ1v) is 7.41. The van der Waals surface area contributed by atoms with Gasteiger partial charge in [-0.05, 0) is 36.8 Å². The van der Waals surface area contributed by atoms with Crippen LogP contribution in [0.15, 0.2) is 12.4 Å². The van der Waals surface area contributed by atoms with Crippen LogP contribution < -0.4 is 11.1 Å². The third-order valence-corrected chi connectivity index (χ3v) is 3.79. The Morgan fingerprint density at radius 1 is 1.47 bits per heavy atom. The Morgan fingerprint density at radius 3 is 3.11 bits per heavy atom. The molecule has 0 spiro atoms. The molecule has 1 aromatic rings. The summed E-state index contributed by atoms with van der Waals surface area (Å²) in [5.41, 5.74) is 8.74. The topological polar surface area (TPSA) is 60.0 Å². The number of aromatic nitrogens is 1. The van der Waals surface area contributed by atoms with Crippen molar-refractivity contribution in [3.05, 3.63) is 23.5 Å². The van der Waals surface area contributed by atoms with Gasteiger partial charge in [-0.15, -0.1) is 0 Å². The summed E-state index contributed by atoms with van der Waals surface area (Å²) in [6.07, 6.45) is 10.9. The minimum absolute atomic E-state index is 0.0900. The molecule has 1 heterocycles. The molecule has 0 aromatic carbocycles. The van der Waals surface area contributed by atoms with Crippen LogP contribution in [-0.2, 0) is 17.8 Å². The minimum Gasteiger partial charge on any atom is -0.355 e. The Hall–Kier alpha value is -1.29. The first-order chi connectivity index (χ1) is 9.20. The molecule has 4 heteroatoms. The van der Waals surface area contributed by atoms with Crippen LogP contribution in [0.5, 0.6) is 0 Å². The van der Waals surface area contributed by atoms with E-state index in [4.69, 9.17) is 5.73 Å². The number of nitrogens with two attached hydrogens (primary N) is 1. The molecule has 3 N–H and O–H groups in total. The van der Waals surface area contributed by atoms with Gasteiger partial charge >= 0.3 is 0 Å². The third kappa shape index (κ3) is 3.83. The van der Waals surface area contributed by atoms with E-state index >= 15 is 0 Å². The minimum atomic E-state index is 0.0900. The number of carbonyl (C=O) groups is 1. The Kier molecular flexibility index (Phi) is 5.02. The van der Waals surface area contributed by atoms with Crippen LogP contribution >= 0.6 is 0 Å². The molecule has 19 heavy (non-hydrogen) atoms. The fraction of sp³-hybridized carbons (Fsp3) is 0.667. The van der Waals surface area contributed by atoms with Crippen LogP contribution in [0, 0.1) is 0 Å². The van der Waals surface area contributed by atoms with E-state index in [1.54, 1.807) is 0 Å². The first kappa shape index (κ1) is 14.1. The number of hydrogen-bond acceptors (Lipinski definition) is 2. The number of fused-ring (bicyclic) bond motifs is 1. The highest BCUT2D eigenvalue weighted by Crippen LogP contribution is 2.27. The molecule has 1 amide bonds. The predicted molar refractivity (Wildman–Crippen MR) is 76.8 cm³/mol. The molecule has 0 saturated carbocycles. The zero-order valence-corrected chi connectivity index (χ0v) is 11.8. The largest absolute Gasteiger partial charge is 0.355 e. The standard InChI is InChI=1S/C15H25N3O/c1-2-3-8-17-15(19)11-18-9-12-6-4-5-7-14(16)13(12)10-18/h9-10,14H,2-8,11,16H2,1H3,(H,17,19). The van der Waals surface area contributed by atoms with Crippen molar-refractivity contribution in [1.29, 1.82) is 0 Å². The monoisotopic (exact) mass is 263 g/mol. The molecule has 1 atom stereocenters. The fourth-order valence-electron chi connectivity index (χ4n) is 2.67. The van der Waals surface area contributed by atoms with E-state index in [0.717, 1.165) is 32.2 Å². The van der Waals surface area contributed by atoms with E-state index in [-0.39, 0.29) is 11.9 Å². The molecular weight excluding hydrogens is 238 g/mol. The lowest BCUT2D eigenvalue weighted by atomic mass is 10.1.